The molecule has 0 amide bonds. The minimum absolute atomic E-state index is 0.202. The minimum Gasteiger partial charge on any atom is -0.502 e. The summed E-state index contributed by atoms with van der Waals surface area (Å²) in [6.45, 7) is 0. The second-order valence-electron chi connectivity index (χ2n) is 3.58. The molecule has 0 saturated heterocycles. The van der Waals surface area contributed by atoms with E-state index in [1.54, 1.807) is 6.07 Å². The first-order chi connectivity index (χ1) is 9.58. The van der Waals surface area contributed by atoms with E-state index < -0.39 is 10.7 Å². The van der Waals surface area contributed by atoms with E-state index in [9.17, 15) is 15.2 Å². The number of nitrogens with zero attached hydrogens (tertiary/aromatic N) is 4. The molecule has 0 bridgehead atoms. The Morgan fingerprint density at radius 1 is 1.35 bits per heavy atom. The van der Waals surface area contributed by atoms with Gasteiger partial charge in [-0.15, -0.1) is 10.2 Å². The Bertz CT molecular complexity index is 660. The zero-order valence-electron chi connectivity index (χ0n) is 9.89. The standard InChI is InChI=1S/C11H8ClN5O3/c12-9-4-5-10(16-14-9)15-13-6-7-2-1-3-8(11(7)18)17(19)20/h1-6,18H,(H,15,16)/b13-6+. The van der Waals surface area contributed by atoms with Gasteiger partial charge in [0.15, 0.2) is 11.0 Å². The topological polar surface area (TPSA) is 114 Å². The molecule has 1 aromatic carbocycles. The van der Waals surface area contributed by atoms with E-state index in [0.717, 1.165) is 0 Å². The van der Waals surface area contributed by atoms with Crippen molar-refractivity contribution in [3.63, 3.8) is 0 Å². The Balaban J connectivity index is 2.14. The first-order valence-corrected chi connectivity index (χ1v) is 5.70. The van der Waals surface area contributed by atoms with Crippen molar-refractivity contribution in [2.24, 2.45) is 5.10 Å². The molecule has 1 aromatic heterocycles. The second kappa shape index (κ2) is 5.93. The van der Waals surface area contributed by atoms with Gasteiger partial charge in [0.1, 0.15) is 0 Å². The first kappa shape index (κ1) is 13.7. The van der Waals surface area contributed by atoms with Crippen LogP contribution in [-0.4, -0.2) is 26.4 Å². The summed E-state index contributed by atoms with van der Waals surface area (Å²) in [6, 6.07) is 7.21. The number of nitro groups is 1. The molecule has 0 aliphatic rings. The van der Waals surface area contributed by atoms with Gasteiger partial charge in [0.05, 0.1) is 11.1 Å². The fourth-order valence-corrected chi connectivity index (χ4v) is 1.44. The monoisotopic (exact) mass is 293 g/mol. The molecule has 0 unspecified atom stereocenters. The van der Waals surface area contributed by atoms with Crippen LogP contribution in [0.3, 0.4) is 0 Å². The molecule has 0 spiro atoms. The van der Waals surface area contributed by atoms with Crippen LogP contribution in [0.25, 0.3) is 0 Å². The van der Waals surface area contributed by atoms with E-state index in [-0.39, 0.29) is 16.4 Å². The molecular formula is C11H8ClN5O3. The second-order valence-corrected chi connectivity index (χ2v) is 3.97. The van der Waals surface area contributed by atoms with Crippen LogP contribution in [0.1, 0.15) is 5.56 Å². The van der Waals surface area contributed by atoms with Gasteiger partial charge in [0, 0.05) is 11.6 Å². The number of hydrazone groups is 1. The number of nitrogens with one attached hydrogen (secondary N) is 1. The van der Waals surface area contributed by atoms with E-state index in [2.05, 4.69) is 20.7 Å². The molecule has 0 aliphatic carbocycles. The van der Waals surface area contributed by atoms with Crippen molar-refractivity contribution in [3.05, 3.63) is 51.2 Å². The van der Waals surface area contributed by atoms with Gasteiger partial charge in [-0.2, -0.15) is 5.10 Å². The van der Waals surface area contributed by atoms with Crippen LogP contribution in [0, 0.1) is 10.1 Å². The number of halogens is 1. The summed E-state index contributed by atoms with van der Waals surface area (Å²) >= 11 is 5.57. The summed E-state index contributed by atoms with van der Waals surface area (Å²) in [4.78, 5) is 9.98. The van der Waals surface area contributed by atoms with Crippen LogP contribution in [0.5, 0.6) is 5.75 Å². The third-order valence-electron chi connectivity index (χ3n) is 2.26. The lowest BCUT2D eigenvalue weighted by atomic mass is 10.2. The number of aromatic hydroxyl groups is 1. The van der Waals surface area contributed by atoms with Gasteiger partial charge in [-0.3, -0.25) is 15.5 Å². The lowest BCUT2D eigenvalue weighted by molar-refractivity contribution is -0.385. The Kier molecular flexibility index (Phi) is 4.06. The van der Waals surface area contributed by atoms with E-state index in [1.165, 1.54) is 30.5 Å². The molecule has 0 radical (unpaired) electrons. The Morgan fingerprint density at radius 3 is 2.80 bits per heavy atom. The van der Waals surface area contributed by atoms with Crippen LogP contribution in [0.2, 0.25) is 5.15 Å². The summed E-state index contributed by atoms with van der Waals surface area (Å²) < 4.78 is 0. The van der Waals surface area contributed by atoms with Crippen molar-refractivity contribution in [2.75, 3.05) is 5.43 Å². The smallest absolute Gasteiger partial charge is 0.311 e. The van der Waals surface area contributed by atoms with Crippen molar-refractivity contribution in [1.82, 2.24) is 10.2 Å². The largest absolute Gasteiger partial charge is 0.502 e. The van der Waals surface area contributed by atoms with E-state index in [1.807, 2.05) is 0 Å². The Labute approximate surface area is 117 Å². The first-order valence-electron chi connectivity index (χ1n) is 5.32. The fraction of sp³-hybridized carbons (Fsp3) is 0. The van der Waals surface area contributed by atoms with Crippen molar-refractivity contribution in [1.29, 1.82) is 0 Å². The lowest BCUT2D eigenvalue weighted by Gasteiger charge is -2.00. The highest BCUT2D eigenvalue weighted by Gasteiger charge is 2.14. The Hall–Kier alpha value is -2.74. The highest BCUT2D eigenvalue weighted by Crippen LogP contribution is 2.27. The molecule has 0 atom stereocenters. The molecule has 1 heterocycles. The zero-order chi connectivity index (χ0) is 14.5. The average Bonchev–Trinajstić information content (AvgIpc) is 2.42. The quantitative estimate of drug-likeness (QED) is 0.507. The minimum atomic E-state index is -0.676. The van der Waals surface area contributed by atoms with E-state index in [0.29, 0.717) is 5.82 Å². The normalized spacial score (nSPS) is 10.7. The molecule has 2 rings (SSSR count). The van der Waals surface area contributed by atoms with Gasteiger partial charge < -0.3 is 5.11 Å². The average molecular weight is 294 g/mol. The van der Waals surface area contributed by atoms with Crippen LogP contribution >= 0.6 is 11.6 Å². The van der Waals surface area contributed by atoms with E-state index >= 15 is 0 Å². The summed E-state index contributed by atoms with van der Waals surface area (Å²) in [5.41, 5.74) is 2.37. The highest BCUT2D eigenvalue weighted by atomic mass is 35.5. The number of phenols is 1. The molecule has 2 aromatic rings. The predicted molar refractivity (Wildman–Crippen MR) is 73.0 cm³/mol. The van der Waals surface area contributed by atoms with Gasteiger partial charge in [-0.1, -0.05) is 17.7 Å². The summed E-state index contributed by atoms with van der Waals surface area (Å²) in [7, 11) is 0. The van der Waals surface area contributed by atoms with Gasteiger partial charge in [-0.25, -0.2) is 0 Å². The van der Waals surface area contributed by atoms with E-state index in [4.69, 9.17) is 11.6 Å². The molecule has 8 nitrogen and oxygen atoms in total. The molecule has 9 heteroatoms. The number of phenolic OH excluding ortho intramolecular Hbond substituents is 1. The Morgan fingerprint density at radius 2 is 2.15 bits per heavy atom. The van der Waals surface area contributed by atoms with Crippen LogP contribution in [-0.2, 0) is 0 Å². The van der Waals surface area contributed by atoms with Crippen molar-refractivity contribution >= 4 is 29.3 Å². The number of hydrogen-bond acceptors (Lipinski definition) is 7. The van der Waals surface area contributed by atoms with Crippen molar-refractivity contribution < 1.29 is 10.0 Å². The lowest BCUT2D eigenvalue weighted by Crippen LogP contribution is -1.96. The van der Waals surface area contributed by atoms with Crippen LogP contribution < -0.4 is 5.43 Å². The number of anilines is 1. The van der Waals surface area contributed by atoms with Crippen LogP contribution in [0.4, 0.5) is 11.5 Å². The SMILES string of the molecule is O=[N+]([O-])c1cccc(/C=N/Nc2ccc(Cl)nn2)c1O. The van der Waals surface area contributed by atoms with Crippen LogP contribution in [0.15, 0.2) is 35.4 Å². The summed E-state index contributed by atoms with van der Waals surface area (Å²) in [5.74, 6) is -0.110. The fourth-order valence-electron chi connectivity index (χ4n) is 1.34. The summed E-state index contributed by atoms with van der Waals surface area (Å²) in [5, 5.41) is 31.7. The summed E-state index contributed by atoms with van der Waals surface area (Å²) in [6.07, 6.45) is 1.23. The maximum absolute atomic E-state index is 10.7. The third kappa shape index (κ3) is 3.18. The maximum Gasteiger partial charge on any atom is 0.311 e. The van der Waals surface area contributed by atoms with Crippen molar-refractivity contribution in [3.8, 4) is 5.75 Å². The molecule has 2 N–H and O–H groups in total. The highest BCUT2D eigenvalue weighted by molar-refractivity contribution is 6.29. The predicted octanol–water partition coefficient (Wildman–Crippen LogP) is 2.19. The molecular weight excluding hydrogens is 286 g/mol. The third-order valence-corrected chi connectivity index (χ3v) is 2.46. The zero-order valence-corrected chi connectivity index (χ0v) is 10.7. The molecule has 20 heavy (non-hydrogen) atoms. The number of nitro benzene ring substituents is 1. The molecule has 0 aliphatic heterocycles. The number of hydrogen-bond donors (Lipinski definition) is 2. The van der Waals surface area contributed by atoms with Gasteiger partial charge in [0.25, 0.3) is 0 Å². The number of para-hydroxylation sites is 1. The van der Waals surface area contributed by atoms with Crippen molar-refractivity contribution in [2.45, 2.75) is 0 Å². The maximum atomic E-state index is 10.7. The molecule has 102 valence electrons. The number of benzene rings is 1. The molecule has 0 fully saturated rings. The van der Waals surface area contributed by atoms with Gasteiger partial charge in [0.2, 0.25) is 5.75 Å². The van der Waals surface area contributed by atoms with Gasteiger partial charge in [-0.05, 0) is 18.2 Å². The number of rotatable bonds is 4. The number of aromatic nitrogens is 2. The molecule has 0 saturated carbocycles. The van der Waals surface area contributed by atoms with Gasteiger partial charge >= 0.3 is 5.69 Å².